The number of carboxylic acids is 1. The van der Waals surface area contributed by atoms with Gasteiger partial charge in [0.1, 0.15) is 12.1 Å². The fourth-order valence-corrected chi connectivity index (χ4v) is 9.48. The monoisotopic (exact) mass is 981 g/mol. The number of hydrogen-bond acceptors (Lipinski definition) is 12. The molecule has 0 radical (unpaired) electrons. The Hall–Kier alpha value is -4.86. The predicted octanol–water partition coefficient (Wildman–Crippen LogP) is 1.97. The minimum absolute atomic E-state index is 0.00495. The summed E-state index contributed by atoms with van der Waals surface area (Å²) in [6, 6.07) is 5.81. The van der Waals surface area contributed by atoms with E-state index in [-0.39, 0.29) is 75.5 Å². The van der Waals surface area contributed by atoms with E-state index in [1.54, 1.807) is 54.1 Å². The van der Waals surface area contributed by atoms with Gasteiger partial charge in [-0.1, -0.05) is 71.4 Å². The van der Waals surface area contributed by atoms with Gasteiger partial charge < -0.3 is 49.6 Å². The summed E-state index contributed by atoms with van der Waals surface area (Å²) in [4.78, 5) is 91.2. The van der Waals surface area contributed by atoms with Crippen LogP contribution in [0.2, 0.25) is 0 Å². The Bertz CT molecular complexity index is 1910. The number of aliphatic imine (C=N–C) groups is 1. The molecule has 20 nitrogen and oxygen atoms in total. The van der Waals surface area contributed by atoms with Gasteiger partial charge in [-0.25, -0.2) is 13.4 Å². The number of methoxy groups -OCH3 is 2. The van der Waals surface area contributed by atoms with Gasteiger partial charge in [0.15, 0.2) is 5.96 Å². The number of likely N-dealkylation sites (N-methyl/N-ethyl adjacent to an activating group) is 1. The van der Waals surface area contributed by atoms with E-state index in [2.05, 4.69) is 15.4 Å². The Morgan fingerprint density at radius 2 is 1.54 bits per heavy atom. The number of sulfonamides is 1. The SMILES string of the molecule is CC[C@H](C)[C@@H]([C@H](CC(=O)N1CCC[C@H]1[C@H](OC)[C@@H](C)C(=O)N[C@@H](Cc1ccccc1)C(=O)NS(=O)(=O)CCCNC(=O)CCOCCC(=O)O)OC)N(C)C(=O)[C@@H](N=C(N(C)C)N(C)C)C(C)C. The molecule has 5 amide bonds. The number of hydrogen-bond donors (Lipinski definition) is 4. The highest BCUT2D eigenvalue weighted by Crippen LogP contribution is 2.30. The lowest BCUT2D eigenvalue weighted by Crippen LogP contribution is -2.56. The van der Waals surface area contributed by atoms with Crippen molar-refractivity contribution in [1.82, 2.24) is 35.0 Å². The van der Waals surface area contributed by atoms with Gasteiger partial charge in [0.05, 0.1) is 62.0 Å². The van der Waals surface area contributed by atoms with Crippen LogP contribution in [0, 0.1) is 17.8 Å². The van der Waals surface area contributed by atoms with Gasteiger partial charge in [-0.2, -0.15) is 0 Å². The van der Waals surface area contributed by atoms with Crippen LogP contribution in [0.1, 0.15) is 85.1 Å². The third-order valence-electron chi connectivity index (χ3n) is 12.2. The van der Waals surface area contributed by atoms with E-state index >= 15 is 0 Å². The number of carbonyl (C=O) groups excluding carboxylic acids is 5. The molecule has 8 atom stereocenters. The largest absolute Gasteiger partial charge is 0.481 e. The molecule has 0 aromatic heterocycles. The van der Waals surface area contributed by atoms with Gasteiger partial charge in [0, 0.05) is 75.4 Å². The smallest absolute Gasteiger partial charge is 0.305 e. The normalized spacial score (nSPS) is 16.9. The lowest BCUT2D eigenvalue weighted by molar-refractivity contribution is -0.146. The highest BCUT2D eigenvalue weighted by Gasteiger charge is 2.43. The Balaban J connectivity index is 2.24. The minimum Gasteiger partial charge on any atom is -0.481 e. The lowest BCUT2D eigenvalue weighted by atomic mass is 9.89. The van der Waals surface area contributed by atoms with Crippen molar-refractivity contribution in [3.05, 3.63) is 35.9 Å². The van der Waals surface area contributed by atoms with Gasteiger partial charge in [-0.15, -0.1) is 0 Å². The van der Waals surface area contributed by atoms with Gasteiger partial charge in [-0.05, 0) is 36.7 Å². The number of nitrogens with zero attached hydrogens (tertiary/aromatic N) is 5. The second-order valence-corrected chi connectivity index (χ2v) is 20.1. The quantitative estimate of drug-likeness (QED) is 0.0510. The van der Waals surface area contributed by atoms with E-state index in [0.717, 1.165) is 0 Å². The molecule has 1 aromatic rings. The number of ether oxygens (including phenoxy) is 3. The number of carboxylic acid groups (broad SMARTS) is 1. The van der Waals surface area contributed by atoms with Crippen molar-refractivity contribution in [2.75, 3.05) is 81.5 Å². The van der Waals surface area contributed by atoms with Gasteiger partial charge in [0.25, 0.3) is 5.91 Å². The number of nitrogens with one attached hydrogen (secondary N) is 3. The maximum absolute atomic E-state index is 14.4. The molecular formula is C47H80N8O12S. The molecule has 0 aliphatic carbocycles. The van der Waals surface area contributed by atoms with E-state index in [0.29, 0.717) is 37.3 Å². The highest BCUT2D eigenvalue weighted by molar-refractivity contribution is 7.90. The molecule has 4 N–H and O–H groups in total. The summed E-state index contributed by atoms with van der Waals surface area (Å²) in [6.07, 6.45) is 0.0882. The Morgan fingerprint density at radius 1 is 0.912 bits per heavy atom. The Kier molecular flexibility index (Phi) is 25.5. The zero-order chi connectivity index (χ0) is 51.3. The summed E-state index contributed by atoms with van der Waals surface area (Å²) in [5.74, 6) is -4.29. The molecule has 0 spiro atoms. The van der Waals surface area contributed by atoms with Crippen LogP contribution in [0.15, 0.2) is 35.3 Å². The fourth-order valence-electron chi connectivity index (χ4n) is 8.40. The Labute approximate surface area is 404 Å². The van der Waals surface area contributed by atoms with E-state index in [1.165, 1.54) is 14.2 Å². The summed E-state index contributed by atoms with van der Waals surface area (Å²) in [5.41, 5.74) is 0.665. The molecule has 1 aromatic carbocycles. The summed E-state index contributed by atoms with van der Waals surface area (Å²) in [5, 5.41) is 14.0. The third kappa shape index (κ3) is 18.9. The van der Waals surface area contributed by atoms with E-state index in [1.807, 2.05) is 65.7 Å². The van der Waals surface area contributed by atoms with Crippen LogP contribution in [-0.2, 0) is 59.4 Å². The van der Waals surface area contributed by atoms with Crippen molar-refractivity contribution in [1.29, 1.82) is 0 Å². The van der Waals surface area contributed by atoms with Gasteiger partial charge >= 0.3 is 5.97 Å². The molecule has 2 rings (SSSR count). The van der Waals surface area contributed by atoms with Crippen molar-refractivity contribution < 1.29 is 56.5 Å². The summed E-state index contributed by atoms with van der Waals surface area (Å²) in [6.45, 7) is 9.97. The van der Waals surface area contributed by atoms with Crippen molar-refractivity contribution in [3.8, 4) is 0 Å². The van der Waals surface area contributed by atoms with E-state index in [9.17, 15) is 37.2 Å². The third-order valence-corrected chi connectivity index (χ3v) is 13.6. The average molecular weight is 981 g/mol. The molecule has 21 heteroatoms. The fraction of sp³-hybridized carbons (Fsp3) is 0.723. The molecule has 1 saturated heterocycles. The van der Waals surface area contributed by atoms with Crippen molar-refractivity contribution >= 4 is 51.5 Å². The number of amides is 5. The van der Waals surface area contributed by atoms with Gasteiger partial charge in [-0.3, -0.25) is 33.5 Å². The number of aliphatic carboxylic acids is 1. The van der Waals surface area contributed by atoms with Crippen LogP contribution < -0.4 is 15.4 Å². The Morgan fingerprint density at radius 3 is 2.10 bits per heavy atom. The summed E-state index contributed by atoms with van der Waals surface area (Å²) in [7, 11) is 8.02. The van der Waals surface area contributed by atoms with E-state index < -0.39 is 81.8 Å². The second-order valence-electron chi connectivity index (χ2n) is 18.2. The van der Waals surface area contributed by atoms with Crippen LogP contribution >= 0.6 is 0 Å². The van der Waals surface area contributed by atoms with Gasteiger partial charge in [0.2, 0.25) is 33.7 Å². The molecule has 1 heterocycles. The number of rotatable bonds is 29. The number of likely N-dealkylation sites (tertiary alicyclic amines) is 1. The molecule has 1 fully saturated rings. The second kappa shape index (κ2) is 29.2. The first-order chi connectivity index (χ1) is 32.0. The summed E-state index contributed by atoms with van der Waals surface area (Å²) >= 11 is 0. The van der Waals surface area contributed by atoms with Crippen LogP contribution in [0.3, 0.4) is 0 Å². The first-order valence-corrected chi connectivity index (χ1v) is 25.1. The molecule has 1 aliphatic heterocycles. The molecule has 0 unspecified atom stereocenters. The first kappa shape index (κ1) is 59.3. The molecule has 386 valence electrons. The highest BCUT2D eigenvalue weighted by atomic mass is 32.2. The molecule has 0 bridgehead atoms. The van der Waals surface area contributed by atoms with Crippen LogP contribution in [0.25, 0.3) is 0 Å². The van der Waals surface area contributed by atoms with E-state index in [4.69, 9.17) is 24.3 Å². The number of guanidine groups is 1. The predicted molar refractivity (Wildman–Crippen MR) is 259 cm³/mol. The first-order valence-electron chi connectivity index (χ1n) is 23.5. The number of carbonyl (C=O) groups is 6. The number of benzene rings is 1. The zero-order valence-electron chi connectivity index (χ0n) is 42.4. The van der Waals surface area contributed by atoms with Crippen LogP contribution in [0.4, 0.5) is 0 Å². The molecular weight excluding hydrogens is 901 g/mol. The summed E-state index contributed by atoms with van der Waals surface area (Å²) < 4.78 is 45.3. The van der Waals surface area contributed by atoms with Crippen LogP contribution in [0.5, 0.6) is 0 Å². The molecule has 1 aliphatic rings. The standard InChI is InChI=1S/C47H80N8O12S/c1-13-32(4)42(54(10)46(62)41(31(2)3)50-47(52(6)7)53(8)9)37(65-11)30-39(57)55-25-17-21-36(55)43(66-12)33(5)44(60)49-35(29-34-19-15-14-16-20-34)45(61)51-68(63,64)28-18-24-48-38(56)22-26-67-27-23-40(58)59/h14-16,19-20,31-33,35-37,41-43H,13,17-18,21-30H2,1-12H3,(H,48,56)(H,49,60)(H,51,61)(H,58,59)/t32-,33+,35-,36-,37-,41-,42-,43+/m0/s1. The average Bonchev–Trinajstić information content (AvgIpc) is 3.76. The minimum atomic E-state index is -4.20. The molecule has 0 saturated carbocycles. The van der Waals surface area contributed by atoms with Crippen molar-refractivity contribution in [3.63, 3.8) is 0 Å². The van der Waals surface area contributed by atoms with Crippen molar-refractivity contribution in [2.24, 2.45) is 22.7 Å². The van der Waals surface area contributed by atoms with Crippen LogP contribution in [-0.4, -0.2) is 192 Å². The molecule has 68 heavy (non-hydrogen) atoms. The maximum Gasteiger partial charge on any atom is 0.305 e. The lowest BCUT2D eigenvalue weighted by Gasteiger charge is -2.40. The maximum atomic E-state index is 14.4. The topological polar surface area (TPSA) is 246 Å². The van der Waals surface area contributed by atoms with Crippen molar-refractivity contribution in [2.45, 2.75) is 122 Å². The zero-order valence-corrected chi connectivity index (χ0v) is 43.2.